The summed E-state index contributed by atoms with van der Waals surface area (Å²) in [4.78, 5) is 14.6. The number of nitrogens with zero attached hydrogens (tertiary/aromatic N) is 4. The molecule has 8 heteroatoms. The van der Waals surface area contributed by atoms with Crippen LogP contribution in [0.15, 0.2) is 10.4 Å². The number of piperidine rings is 1. The first kappa shape index (κ1) is 28.6. The number of aryl methyl sites for hydroxylation is 1. The molecule has 0 spiro atoms. The summed E-state index contributed by atoms with van der Waals surface area (Å²) in [5.74, 6) is 1.67. The predicted molar refractivity (Wildman–Crippen MR) is 146 cm³/mol. The van der Waals surface area contributed by atoms with E-state index in [0.717, 1.165) is 51.8 Å². The minimum absolute atomic E-state index is 0. The second-order valence-corrected chi connectivity index (χ2v) is 9.57. The zero-order chi connectivity index (χ0) is 21.8. The molecule has 0 amide bonds. The van der Waals surface area contributed by atoms with E-state index in [1.807, 2.05) is 0 Å². The van der Waals surface area contributed by atoms with Gasteiger partial charge in [-0.2, -0.15) is 0 Å². The van der Waals surface area contributed by atoms with Crippen LogP contribution in [0.25, 0.3) is 0 Å². The van der Waals surface area contributed by atoms with E-state index in [-0.39, 0.29) is 24.0 Å². The van der Waals surface area contributed by atoms with E-state index in [1.54, 1.807) is 11.3 Å². The van der Waals surface area contributed by atoms with Crippen molar-refractivity contribution in [3.8, 4) is 0 Å². The van der Waals surface area contributed by atoms with Crippen molar-refractivity contribution in [1.29, 1.82) is 0 Å². The first-order chi connectivity index (χ1) is 14.5. The molecular weight excluding hydrogens is 519 g/mol. The zero-order valence-electron chi connectivity index (χ0n) is 20.3. The molecule has 0 aliphatic carbocycles. The van der Waals surface area contributed by atoms with E-state index in [4.69, 9.17) is 4.99 Å². The molecule has 1 saturated heterocycles. The summed E-state index contributed by atoms with van der Waals surface area (Å²) < 4.78 is 0. The van der Waals surface area contributed by atoms with E-state index >= 15 is 0 Å². The van der Waals surface area contributed by atoms with Gasteiger partial charge >= 0.3 is 0 Å². The SMILES string of the molecule is CCNC(=NCC1CCN(Cc2csc(C)n2)CC1)NC(C)CCCN(CC)CC.I. The Balaban J connectivity index is 0.00000480. The van der Waals surface area contributed by atoms with E-state index < -0.39 is 0 Å². The maximum Gasteiger partial charge on any atom is 0.191 e. The molecule has 1 fully saturated rings. The number of rotatable bonds is 12. The van der Waals surface area contributed by atoms with Gasteiger partial charge in [-0.1, -0.05) is 13.8 Å². The van der Waals surface area contributed by atoms with E-state index in [0.29, 0.717) is 12.0 Å². The fourth-order valence-corrected chi connectivity index (χ4v) is 4.65. The molecule has 1 unspecified atom stereocenters. The molecule has 31 heavy (non-hydrogen) atoms. The van der Waals surface area contributed by atoms with Crippen molar-refractivity contribution in [2.45, 2.75) is 72.9 Å². The lowest BCUT2D eigenvalue weighted by molar-refractivity contribution is 0.179. The van der Waals surface area contributed by atoms with Gasteiger partial charge in [0, 0.05) is 31.1 Å². The van der Waals surface area contributed by atoms with Gasteiger partial charge in [0.25, 0.3) is 0 Å². The number of aliphatic imine (C=N–C) groups is 1. The Labute approximate surface area is 211 Å². The summed E-state index contributed by atoms with van der Waals surface area (Å²) in [6.45, 7) is 19.6. The van der Waals surface area contributed by atoms with Gasteiger partial charge in [0.2, 0.25) is 0 Å². The minimum atomic E-state index is 0. The Hall–Kier alpha value is -0.450. The summed E-state index contributed by atoms with van der Waals surface area (Å²) in [5.41, 5.74) is 1.22. The largest absolute Gasteiger partial charge is 0.357 e. The van der Waals surface area contributed by atoms with Gasteiger partial charge in [-0.15, -0.1) is 35.3 Å². The second-order valence-electron chi connectivity index (χ2n) is 8.51. The van der Waals surface area contributed by atoms with E-state index in [1.165, 1.54) is 42.9 Å². The summed E-state index contributed by atoms with van der Waals surface area (Å²) in [5, 5.41) is 10.4. The molecule has 1 aromatic heterocycles. The van der Waals surface area contributed by atoms with Crippen LogP contribution in [-0.4, -0.2) is 72.6 Å². The average molecular weight is 565 g/mol. The summed E-state index contributed by atoms with van der Waals surface area (Å²) in [7, 11) is 0. The third kappa shape index (κ3) is 11.3. The number of hydrogen-bond donors (Lipinski definition) is 2. The lowest BCUT2D eigenvalue weighted by Crippen LogP contribution is -2.43. The topological polar surface area (TPSA) is 55.8 Å². The van der Waals surface area contributed by atoms with Crippen molar-refractivity contribution in [3.63, 3.8) is 0 Å². The molecule has 180 valence electrons. The number of thiazole rings is 1. The molecule has 1 aliphatic heterocycles. The first-order valence-corrected chi connectivity index (χ1v) is 12.8. The molecule has 6 nitrogen and oxygen atoms in total. The van der Waals surface area contributed by atoms with E-state index in [9.17, 15) is 0 Å². The van der Waals surface area contributed by atoms with Gasteiger partial charge in [-0.3, -0.25) is 9.89 Å². The molecule has 2 heterocycles. The van der Waals surface area contributed by atoms with Gasteiger partial charge < -0.3 is 15.5 Å². The maximum atomic E-state index is 4.92. The number of likely N-dealkylation sites (tertiary alicyclic amines) is 1. The molecule has 0 bridgehead atoms. The number of halogens is 1. The Kier molecular flexibility index (Phi) is 14.9. The summed E-state index contributed by atoms with van der Waals surface area (Å²) >= 11 is 1.75. The standard InChI is InChI=1S/C23H44N6S.HI/c1-6-24-23(26-19(4)10-9-13-28(7-2)8-3)25-16-21-11-14-29(15-12-21)17-22-18-30-20(5)27-22;/h18-19,21H,6-17H2,1-5H3,(H2,24,25,26);1H. The number of hydrogen-bond acceptors (Lipinski definition) is 5. The quantitative estimate of drug-likeness (QED) is 0.225. The Morgan fingerprint density at radius 2 is 2.00 bits per heavy atom. The van der Waals surface area contributed by atoms with Gasteiger partial charge in [-0.25, -0.2) is 4.98 Å². The number of aromatic nitrogens is 1. The zero-order valence-corrected chi connectivity index (χ0v) is 23.5. The summed E-state index contributed by atoms with van der Waals surface area (Å²) in [6, 6.07) is 0.446. The lowest BCUT2D eigenvalue weighted by Gasteiger charge is -2.31. The molecule has 1 aromatic rings. The Bertz CT molecular complexity index is 611. The molecule has 0 saturated carbocycles. The predicted octanol–water partition coefficient (Wildman–Crippen LogP) is 4.35. The first-order valence-electron chi connectivity index (χ1n) is 11.9. The third-order valence-electron chi connectivity index (χ3n) is 6.00. The van der Waals surface area contributed by atoms with Crippen molar-refractivity contribution in [3.05, 3.63) is 16.1 Å². The van der Waals surface area contributed by atoms with Crippen LogP contribution < -0.4 is 10.6 Å². The number of nitrogens with one attached hydrogen (secondary N) is 2. The monoisotopic (exact) mass is 564 g/mol. The van der Waals surface area contributed by atoms with Crippen LogP contribution in [0.2, 0.25) is 0 Å². The molecule has 0 radical (unpaired) electrons. The summed E-state index contributed by atoms with van der Waals surface area (Å²) in [6.07, 6.45) is 4.86. The van der Waals surface area contributed by atoms with Crippen molar-refractivity contribution >= 4 is 41.3 Å². The molecule has 1 aliphatic rings. The normalized spacial score (nSPS) is 16.9. The third-order valence-corrected chi connectivity index (χ3v) is 6.82. The fraction of sp³-hybridized carbons (Fsp3) is 0.826. The minimum Gasteiger partial charge on any atom is -0.357 e. The lowest BCUT2D eigenvalue weighted by atomic mass is 9.97. The highest BCUT2D eigenvalue weighted by Gasteiger charge is 2.20. The Morgan fingerprint density at radius 1 is 1.29 bits per heavy atom. The second kappa shape index (κ2) is 16.2. The highest BCUT2D eigenvalue weighted by atomic mass is 127. The Morgan fingerprint density at radius 3 is 2.58 bits per heavy atom. The van der Waals surface area contributed by atoms with E-state index in [2.05, 4.69) is 65.4 Å². The average Bonchev–Trinajstić information content (AvgIpc) is 3.15. The van der Waals surface area contributed by atoms with Crippen LogP contribution in [0.3, 0.4) is 0 Å². The molecule has 0 aromatic carbocycles. The van der Waals surface area contributed by atoms with Gasteiger partial charge in [0.1, 0.15) is 0 Å². The van der Waals surface area contributed by atoms with Crippen LogP contribution in [0, 0.1) is 12.8 Å². The molecule has 1 atom stereocenters. The van der Waals surface area contributed by atoms with Crippen LogP contribution in [-0.2, 0) is 6.54 Å². The highest BCUT2D eigenvalue weighted by molar-refractivity contribution is 14.0. The van der Waals surface area contributed by atoms with Crippen molar-refractivity contribution < 1.29 is 0 Å². The van der Waals surface area contributed by atoms with Crippen LogP contribution >= 0.6 is 35.3 Å². The van der Waals surface area contributed by atoms with Gasteiger partial charge in [0.15, 0.2) is 5.96 Å². The van der Waals surface area contributed by atoms with Crippen molar-refractivity contribution in [1.82, 2.24) is 25.4 Å². The molecule has 2 N–H and O–H groups in total. The van der Waals surface area contributed by atoms with Crippen LogP contribution in [0.4, 0.5) is 0 Å². The van der Waals surface area contributed by atoms with Crippen molar-refractivity contribution in [2.24, 2.45) is 10.9 Å². The molecular formula is C23H45IN6S. The highest BCUT2D eigenvalue weighted by Crippen LogP contribution is 2.20. The smallest absolute Gasteiger partial charge is 0.191 e. The number of guanidine groups is 1. The van der Waals surface area contributed by atoms with Crippen LogP contribution in [0.5, 0.6) is 0 Å². The fourth-order valence-electron chi connectivity index (χ4n) is 4.04. The maximum absolute atomic E-state index is 4.92. The van der Waals surface area contributed by atoms with Gasteiger partial charge in [0.05, 0.1) is 10.7 Å². The van der Waals surface area contributed by atoms with Crippen molar-refractivity contribution in [2.75, 3.05) is 45.8 Å². The molecule has 2 rings (SSSR count). The van der Waals surface area contributed by atoms with Crippen LogP contribution in [0.1, 0.15) is 64.1 Å². The van der Waals surface area contributed by atoms with Gasteiger partial charge in [-0.05, 0) is 85.1 Å².